The molecule has 4 heteroatoms. The maximum atomic E-state index is 11.9. The summed E-state index contributed by atoms with van der Waals surface area (Å²) in [6.45, 7) is 5.79. The molecular formula is C15H23NO3. The van der Waals surface area contributed by atoms with Crippen LogP contribution in [0.15, 0.2) is 24.3 Å². The van der Waals surface area contributed by atoms with E-state index in [0.29, 0.717) is 13.0 Å². The SMILES string of the molecule is CCOC(=O)C(C)(C)C(N)Cc1cccc(OC)c1. The van der Waals surface area contributed by atoms with Crippen LogP contribution in [-0.4, -0.2) is 25.7 Å². The average Bonchev–Trinajstić information content (AvgIpc) is 2.39. The number of nitrogens with two attached hydrogens (primary N) is 1. The maximum Gasteiger partial charge on any atom is 0.313 e. The van der Waals surface area contributed by atoms with Crippen molar-refractivity contribution in [3.8, 4) is 5.75 Å². The van der Waals surface area contributed by atoms with E-state index in [1.807, 2.05) is 38.1 Å². The van der Waals surface area contributed by atoms with E-state index < -0.39 is 5.41 Å². The van der Waals surface area contributed by atoms with Crippen LogP contribution in [0.1, 0.15) is 26.3 Å². The fraction of sp³-hybridized carbons (Fsp3) is 0.533. The molecule has 0 fully saturated rings. The highest BCUT2D eigenvalue weighted by atomic mass is 16.5. The summed E-state index contributed by atoms with van der Waals surface area (Å²) in [4.78, 5) is 11.9. The van der Waals surface area contributed by atoms with E-state index in [0.717, 1.165) is 11.3 Å². The number of benzene rings is 1. The van der Waals surface area contributed by atoms with Gasteiger partial charge in [0.25, 0.3) is 0 Å². The molecule has 19 heavy (non-hydrogen) atoms. The molecule has 0 saturated heterocycles. The van der Waals surface area contributed by atoms with Gasteiger partial charge in [0.1, 0.15) is 5.75 Å². The highest BCUT2D eigenvalue weighted by molar-refractivity contribution is 5.76. The van der Waals surface area contributed by atoms with Crippen LogP contribution in [0.4, 0.5) is 0 Å². The summed E-state index contributed by atoms with van der Waals surface area (Å²) in [6.07, 6.45) is 0.600. The molecule has 0 radical (unpaired) electrons. The minimum Gasteiger partial charge on any atom is -0.497 e. The van der Waals surface area contributed by atoms with Gasteiger partial charge in [-0.25, -0.2) is 0 Å². The Morgan fingerprint density at radius 1 is 1.42 bits per heavy atom. The summed E-state index contributed by atoms with van der Waals surface area (Å²) in [6, 6.07) is 7.40. The molecule has 1 unspecified atom stereocenters. The van der Waals surface area contributed by atoms with Crippen LogP contribution in [0.25, 0.3) is 0 Å². The normalized spacial score (nSPS) is 12.9. The number of esters is 1. The molecule has 1 atom stereocenters. The van der Waals surface area contributed by atoms with Crippen molar-refractivity contribution in [2.45, 2.75) is 33.2 Å². The Balaban J connectivity index is 2.77. The highest BCUT2D eigenvalue weighted by Crippen LogP contribution is 2.25. The minimum absolute atomic E-state index is 0.259. The Bertz CT molecular complexity index is 429. The van der Waals surface area contributed by atoms with Crippen molar-refractivity contribution in [3.63, 3.8) is 0 Å². The van der Waals surface area contributed by atoms with Crippen molar-refractivity contribution in [2.75, 3.05) is 13.7 Å². The Hall–Kier alpha value is -1.55. The molecule has 0 amide bonds. The minimum atomic E-state index is -0.709. The summed E-state index contributed by atoms with van der Waals surface area (Å²) in [5.41, 5.74) is 6.50. The number of carbonyl (C=O) groups excluding carboxylic acids is 1. The molecule has 0 aromatic heterocycles. The van der Waals surface area contributed by atoms with Crippen LogP contribution >= 0.6 is 0 Å². The van der Waals surface area contributed by atoms with E-state index in [1.54, 1.807) is 14.0 Å². The second-order valence-electron chi connectivity index (χ2n) is 5.10. The van der Waals surface area contributed by atoms with Gasteiger partial charge in [0, 0.05) is 6.04 Å². The van der Waals surface area contributed by atoms with Crippen molar-refractivity contribution < 1.29 is 14.3 Å². The maximum absolute atomic E-state index is 11.9. The van der Waals surface area contributed by atoms with Crippen molar-refractivity contribution in [1.29, 1.82) is 0 Å². The first-order chi connectivity index (χ1) is 8.91. The lowest BCUT2D eigenvalue weighted by Gasteiger charge is -2.29. The van der Waals surface area contributed by atoms with E-state index in [2.05, 4.69) is 0 Å². The van der Waals surface area contributed by atoms with Crippen LogP contribution in [0.5, 0.6) is 5.75 Å². The first-order valence-corrected chi connectivity index (χ1v) is 6.47. The molecule has 1 rings (SSSR count). The first kappa shape index (κ1) is 15.5. The summed E-state index contributed by atoms with van der Waals surface area (Å²) in [5.74, 6) is 0.532. The molecule has 1 aromatic rings. The summed E-state index contributed by atoms with van der Waals surface area (Å²) in [7, 11) is 1.63. The van der Waals surface area contributed by atoms with Gasteiger partial charge in [-0.2, -0.15) is 0 Å². The van der Waals surface area contributed by atoms with Crippen molar-refractivity contribution in [3.05, 3.63) is 29.8 Å². The molecule has 0 saturated carbocycles. The van der Waals surface area contributed by atoms with Crippen molar-refractivity contribution in [1.82, 2.24) is 0 Å². The molecule has 0 aliphatic heterocycles. The van der Waals surface area contributed by atoms with Crippen LogP contribution in [0.2, 0.25) is 0 Å². The van der Waals surface area contributed by atoms with Gasteiger partial charge in [-0.05, 0) is 44.9 Å². The lowest BCUT2D eigenvalue weighted by Crippen LogP contribution is -2.45. The van der Waals surface area contributed by atoms with Crippen LogP contribution in [0, 0.1) is 5.41 Å². The van der Waals surface area contributed by atoms with Gasteiger partial charge >= 0.3 is 5.97 Å². The van der Waals surface area contributed by atoms with Gasteiger partial charge in [-0.15, -0.1) is 0 Å². The number of carbonyl (C=O) groups is 1. The van der Waals surface area contributed by atoms with Crippen LogP contribution < -0.4 is 10.5 Å². The smallest absolute Gasteiger partial charge is 0.313 e. The zero-order valence-electron chi connectivity index (χ0n) is 12.1. The summed E-state index contributed by atoms with van der Waals surface area (Å²) < 4.78 is 10.2. The second kappa shape index (κ2) is 6.57. The summed E-state index contributed by atoms with van der Waals surface area (Å²) >= 11 is 0. The quantitative estimate of drug-likeness (QED) is 0.801. The third-order valence-corrected chi connectivity index (χ3v) is 3.32. The standard InChI is InChI=1S/C15H23NO3/c1-5-19-14(17)15(2,3)13(16)10-11-7-6-8-12(9-11)18-4/h6-9,13H,5,10,16H2,1-4H3. The van der Waals surface area contributed by atoms with Gasteiger partial charge in [-0.1, -0.05) is 12.1 Å². The van der Waals surface area contributed by atoms with Crippen molar-refractivity contribution in [2.24, 2.45) is 11.1 Å². The molecule has 0 heterocycles. The molecule has 0 aliphatic carbocycles. The number of hydrogen-bond acceptors (Lipinski definition) is 4. The van der Waals surface area contributed by atoms with Crippen LogP contribution in [0.3, 0.4) is 0 Å². The van der Waals surface area contributed by atoms with Gasteiger partial charge in [0.15, 0.2) is 0 Å². The highest BCUT2D eigenvalue weighted by Gasteiger charge is 2.35. The number of methoxy groups -OCH3 is 1. The molecule has 4 nitrogen and oxygen atoms in total. The molecule has 0 aliphatic rings. The van der Waals surface area contributed by atoms with E-state index in [9.17, 15) is 4.79 Å². The van der Waals surface area contributed by atoms with E-state index in [-0.39, 0.29) is 12.0 Å². The van der Waals surface area contributed by atoms with Gasteiger partial charge in [0.2, 0.25) is 0 Å². The number of rotatable bonds is 6. The Morgan fingerprint density at radius 2 is 2.11 bits per heavy atom. The Morgan fingerprint density at radius 3 is 2.68 bits per heavy atom. The third-order valence-electron chi connectivity index (χ3n) is 3.32. The molecule has 0 spiro atoms. The fourth-order valence-corrected chi connectivity index (χ4v) is 1.78. The largest absolute Gasteiger partial charge is 0.497 e. The van der Waals surface area contributed by atoms with Gasteiger partial charge < -0.3 is 15.2 Å². The van der Waals surface area contributed by atoms with E-state index >= 15 is 0 Å². The third kappa shape index (κ3) is 3.96. The van der Waals surface area contributed by atoms with E-state index in [1.165, 1.54) is 0 Å². The van der Waals surface area contributed by atoms with Crippen molar-refractivity contribution >= 4 is 5.97 Å². The zero-order valence-corrected chi connectivity index (χ0v) is 12.1. The topological polar surface area (TPSA) is 61.5 Å². The molecule has 1 aromatic carbocycles. The molecule has 2 N–H and O–H groups in total. The fourth-order valence-electron chi connectivity index (χ4n) is 1.78. The lowest BCUT2D eigenvalue weighted by atomic mass is 9.81. The predicted molar refractivity (Wildman–Crippen MR) is 75.1 cm³/mol. The van der Waals surface area contributed by atoms with Gasteiger partial charge in [-0.3, -0.25) is 4.79 Å². The Kier molecular flexibility index (Phi) is 5.36. The van der Waals surface area contributed by atoms with E-state index in [4.69, 9.17) is 15.2 Å². The monoisotopic (exact) mass is 265 g/mol. The predicted octanol–water partition coefficient (Wildman–Crippen LogP) is 2.15. The zero-order chi connectivity index (χ0) is 14.5. The molecular weight excluding hydrogens is 242 g/mol. The lowest BCUT2D eigenvalue weighted by molar-refractivity contribution is -0.154. The molecule has 0 bridgehead atoms. The Labute approximate surface area is 114 Å². The first-order valence-electron chi connectivity index (χ1n) is 6.47. The van der Waals surface area contributed by atoms with Crippen LogP contribution in [-0.2, 0) is 16.0 Å². The second-order valence-corrected chi connectivity index (χ2v) is 5.10. The average molecular weight is 265 g/mol. The summed E-state index contributed by atoms with van der Waals surface area (Å²) in [5, 5.41) is 0. The number of hydrogen-bond donors (Lipinski definition) is 1. The molecule has 106 valence electrons. The number of ether oxygens (including phenoxy) is 2. The van der Waals surface area contributed by atoms with Gasteiger partial charge in [0.05, 0.1) is 19.1 Å².